The van der Waals surface area contributed by atoms with Gasteiger partial charge in [0.1, 0.15) is 5.76 Å². The maximum absolute atomic E-state index is 5.42. The van der Waals surface area contributed by atoms with Gasteiger partial charge in [-0.15, -0.1) is 0 Å². The summed E-state index contributed by atoms with van der Waals surface area (Å²) in [6.45, 7) is 8.32. The van der Waals surface area contributed by atoms with Crippen molar-refractivity contribution < 1.29 is 4.42 Å². The zero-order valence-electron chi connectivity index (χ0n) is 17.2. The summed E-state index contributed by atoms with van der Waals surface area (Å²) in [6.07, 6.45) is 5.92. The molecule has 5 heteroatoms. The van der Waals surface area contributed by atoms with Crippen molar-refractivity contribution in [2.24, 2.45) is 4.99 Å². The summed E-state index contributed by atoms with van der Waals surface area (Å²) in [6, 6.07) is 15.7. The van der Waals surface area contributed by atoms with Gasteiger partial charge in [-0.3, -0.25) is 9.89 Å². The smallest absolute Gasteiger partial charge is 0.191 e. The molecule has 28 heavy (non-hydrogen) atoms. The van der Waals surface area contributed by atoms with E-state index in [4.69, 9.17) is 9.41 Å². The molecule has 1 saturated heterocycles. The number of guanidine groups is 1. The SMILES string of the molecule is CCCN=C(NCCc1ccco1)NC1CCN(Cc2ccccc2)C(C)C1. The van der Waals surface area contributed by atoms with E-state index >= 15 is 0 Å². The van der Waals surface area contributed by atoms with E-state index in [1.54, 1.807) is 6.26 Å². The maximum atomic E-state index is 5.42. The van der Waals surface area contributed by atoms with Crippen LogP contribution in [-0.4, -0.2) is 42.6 Å². The molecule has 1 aliphatic rings. The Morgan fingerprint density at radius 2 is 2.07 bits per heavy atom. The first-order valence-electron chi connectivity index (χ1n) is 10.6. The standard InChI is InChI=1S/C23H34N4O/c1-3-13-24-23(25-14-11-22-10-7-16-28-22)26-21-12-15-27(19(2)17-21)18-20-8-5-4-6-9-20/h4-10,16,19,21H,3,11-15,17-18H2,1-2H3,(H2,24,25,26). The third-order valence-corrected chi connectivity index (χ3v) is 5.32. The topological polar surface area (TPSA) is 52.8 Å². The number of rotatable bonds is 8. The molecular formula is C23H34N4O. The van der Waals surface area contributed by atoms with Gasteiger partial charge in [0.25, 0.3) is 0 Å². The van der Waals surface area contributed by atoms with Gasteiger partial charge >= 0.3 is 0 Å². The number of nitrogens with zero attached hydrogens (tertiary/aromatic N) is 2. The second kappa shape index (κ2) is 10.9. The lowest BCUT2D eigenvalue weighted by molar-refractivity contribution is 0.134. The van der Waals surface area contributed by atoms with Crippen molar-refractivity contribution in [2.45, 2.75) is 58.2 Å². The summed E-state index contributed by atoms with van der Waals surface area (Å²) >= 11 is 0. The lowest BCUT2D eigenvalue weighted by Crippen LogP contribution is -2.51. The lowest BCUT2D eigenvalue weighted by atomic mass is 9.97. The van der Waals surface area contributed by atoms with Crippen LogP contribution in [0.5, 0.6) is 0 Å². The first-order valence-corrected chi connectivity index (χ1v) is 10.6. The molecule has 2 atom stereocenters. The van der Waals surface area contributed by atoms with Crippen LogP contribution in [-0.2, 0) is 13.0 Å². The van der Waals surface area contributed by atoms with Crippen molar-refractivity contribution in [3.8, 4) is 0 Å². The molecule has 3 rings (SSSR count). The molecular weight excluding hydrogens is 348 g/mol. The van der Waals surface area contributed by atoms with Crippen LogP contribution >= 0.6 is 0 Å². The van der Waals surface area contributed by atoms with E-state index in [-0.39, 0.29) is 0 Å². The third-order valence-electron chi connectivity index (χ3n) is 5.32. The average Bonchev–Trinajstić information content (AvgIpc) is 3.22. The van der Waals surface area contributed by atoms with Crippen LogP contribution in [0.4, 0.5) is 0 Å². The Bertz CT molecular complexity index is 699. The zero-order valence-corrected chi connectivity index (χ0v) is 17.2. The second-order valence-corrected chi connectivity index (χ2v) is 7.66. The predicted octanol–water partition coefficient (Wildman–Crippen LogP) is 3.82. The van der Waals surface area contributed by atoms with Gasteiger partial charge in [0.15, 0.2) is 5.96 Å². The molecule has 1 fully saturated rings. The molecule has 5 nitrogen and oxygen atoms in total. The first kappa shape index (κ1) is 20.5. The number of aliphatic imine (C=N–C) groups is 1. The largest absolute Gasteiger partial charge is 0.469 e. The highest BCUT2D eigenvalue weighted by atomic mass is 16.3. The van der Waals surface area contributed by atoms with E-state index < -0.39 is 0 Å². The van der Waals surface area contributed by atoms with Gasteiger partial charge in [0, 0.05) is 44.7 Å². The van der Waals surface area contributed by atoms with Gasteiger partial charge in [-0.25, -0.2) is 0 Å². The molecule has 152 valence electrons. The first-order chi connectivity index (χ1) is 13.7. The van der Waals surface area contributed by atoms with Crippen LogP contribution in [0.1, 0.15) is 44.4 Å². The van der Waals surface area contributed by atoms with Crippen LogP contribution in [0.2, 0.25) is 0 Å². The highest BCUT2D eigenvalue weighted by Crippen LogP contribution is 2.20. The summed E-state index contributed by atoms with van der Waals surface area (Å²) in [5.41, 5.74) is 1.39. The average molecular weight is 383 g/mol. The van der Waals surface area contributed by atoms with E-state index in [0.717, 1.165) is 63.6 Å². The Kier molecular flexibility index (Phi) is 7.97. The zero-order chi connectivity index (χ0) is 19.6. The summed E-state index contributed by atoms with van der Waals surface area (Å²) in [7, 11) is 0. The fraction of sp³-hybridized carbons (Fsp3) is 0.522. The highest BCUT2D eigenvalue weighted by molar-refractivity contribution is 5.80. The number of nitrogens with one attached hydrogen (secondary N) is 2. The van der Waals surface area contributed by atoms with Crippen molar-refractivity contribution in [3.63, 3.8) is 0 Å². The molecule has 2 heterocycles. The molecule has 1 aromatic heterocycles. The molecule has 0 amide bonds. The number of likely N-dealkylation sites (tertiary alicyclic amines) is 1. The molecule has 0 saturated carbocycles. The predicted molar refractivity (Wildman–Crippen MR) is 115 cm³/mol. The van der Waals surface area contributed by atoms with Gasteiger partial charge < -0.3 is 15.1 Å². The molecule has 2 aromatic rings. The van der Waals surface area contributed by atoms with Gasteiger partial charge in [-0.1, -0.05) is 37.3 Å². The number of hydrogen-bond donors (Lipinski definition) is 2. The maximum Gasteiger partial charge on any atom is 0.191 e. The normalized spacial score (nSPS) is 20.9. The highest BCUT2D eigenvalue weighted by Gasteiger charge is 2.26. The fourth-order valence-corrected chi connectivity index (χ4v) is 3.73. The minimum Gasteiger partial charge on any atom is -0.469 e. The summed E-state index contributed by atoms with van der Waals surface area (Å²) in [4.78, 5) is 7.30. The van der Waals surface area contributed by atoms with Crippen LogP contribution in [0.25, 0.3) is 0 Å². The Morgan fingerprint density at radius 1 is 1.21 bits per heavy atom. The van der Waals surface area contributed by atoms with E-state index in [0.29, 0.717) is 12.1 Å². The van der Waals surface area contributed by atoms with Crippen LogP contribution in [0, 0.1) is 0 Å². The number of furan rings is 1. The summed E-state index contributed by atoms with van der Waals surface area (Å²) < 4.78 is 5.42. The molecule has 2 N–H and O–H groups in total. The molecule has 2 unspecified atom stereocenters. The Labute approximate surface area is 169 Å². The van der Waals surface area contributed by atoms with E-state index in [1.165, 1.54) is 5.56 Å². The van der Waals surface area contributed by atoms with Crippen molar-refractivity contribution in [1.82, 2.24) is 15.5 Å². The third kappa shape index (κ3) is 6.41. The van der Waals surface area contributed by atoms with Gasteiger partial charge in [-0.05, 0) is 43.9 Å². The Hall–Kier alpha value is -2.27. The van der Waals surface area contributed by atoms with Crippen LogP contribution < -0.4 is 10.6 Å². The van der Waals surface area contributed by atoms with Crippen LogP contribution in [0.3, 0.4) is 0 Å². The van der Waals surface area contributed by atoms with E-state index in [9.17, 15) is 0 Å². The fourth-order valence-electron chi connectivity index (χ4n) is 3.73. The Morgan fingerprint density at radius 3 is 2.79 bits per heavy atom. The Balaban J connectivity index is 1.47. The number of benzene rings is 1. The lowest BCUT2D eigenvalue weighted by Gasteiger charge is -2.38. The minimum atomic E-state index is 0.466. The van der Waals surface area contributed by atoms with E-state index in [2.05, 4.69) is 59.7 Å². The number of hydrogen-bond acceptors (Lipinski definition) is 3. The molecule has 0 radical (unpaired) electrons. The van der Waals surface area contributed by atoms with Crippen LogP contribution in [0.15, 0.2) is 58.1 Å². The molecule has 0 bridgehead atoms. The minimum absolute atomic E-state index is 0.466. The molecule has 1 aromatic carbocycles. The monoisotopic (exact) mass is 382 g/mol. The van der Waals surface area contributed by atoms with Crippen molar-refractivity contribution >= 4 is 5.96 Å². The second-order valence-electron chi connectivity index (χ2n) is 7.66. The number of piperidine rings is 1. The summed E-state index contributed by atoms with van der Waals surface area (Å²) in [5, 5.41) is 7.14. The van der Waals surface area contributed by atoms with Crippen molar-refractivity contribution in [3.05, 3.63) is 60.1 Å². The van der Waals surface area contributed by atoms with Gasteiger partial charge in [-0.2, -0.15) is 0 Å². The van der Waals surface area contributed by atoms with E-state index in [1.807, 2.05) is 12.1 Å². The van der Waals surface area contributed by atoms with Gasteiger partial charge in [0.2, 0.25) is 0 Å². The molecule has 1 aliphatic heterocycles. The van der Waals surface area contributed by atoms with Crippen molar-refractivity contribution in [1.29, 1.82) is 0 Å². The summed E-state index contributed by atoms with van der Waals surface area (Å²) in [5.74, 6) is 1.94. The quantitative estimate of drug-likeness (QED) is 0.538. The van der Waals surface area contributed by atoms with Gasteiger partial charge in [0.05, 0.1) is 6.26 Å². The molecule has 0 spiro atoms. The molecule has 0 aliphatic carbocycles. The van der Waals surface area contributed by atoms with Crippen molar-refractivity contribution in [2.75, 3.05) is 19.6 Å².